The minimum atomic E-state index is -1.04. The highest BCUT2D eigenvalue weighted by atomic mass is 35.5. The number of carbonyl (C=O) groups excluding carboxylic acids is 1. The second-order valence-electron chi connectivity index (χ2n) is 6.05. The highest BCUT2D eigenvalue weighted by molar-refractivity contribution is 6.35. The molecule has 2 atom stereocenters. The van der Waals surface area contributed by atoms with Crippen LogP contribution in [0.5, 0.6) is 0 Å². The van der Waals surface area contributed by atoms with E-state index >= 15 is 0 Å². The average Bonchev–Trinajstić information content (AvgIpc) is 2.68. The van der Waals surface area contributed by atoms with Crippen molar-refractivity contribution in [2.45, 2.75) is 12.8 Å². The molecule has 2 aromatic carbocycles. The van der Waals surface area contributed by atoms with Gasteiger partial charge in [-0.25, -0.2) is 4.79 Å². The van der Waals surface area contributed by atoms with Crippen LogP contribution in [0, 0.1) is 22.7 Å². The smallest absolute Gasteiger partial charge is 0.338 e. The number of ether oxygens (including phenoxy) is 2. The fourth-order valence-corrected chi connectivity index (χ4v) is 3.67. The van der Waals surface area contributed by atoms with Gasteiger partial charge in [0.15, 0.2) is 0 Å². The summed E-state index contributed by atoms with van der Waals surface area (Å²) in [5.41, 5.74) is 1.25. The molecule has 28 heavy (non-hydrogen) atoms. The molecule has 5 nitrogen and oxygen atoms in total. The first-order valence-electron chi connectivity index (χ1n) is 8.55. The molecule has 0 radical (unpaired) electrons. The minimum Gasteiger partial charge on any atom is -0.463 e. The molecule has 2 aromatic rings. The lowest BCUT2D eigenvalue weighted by Gasteiger charge is -2.32. The maximum atomic E-state index is 12.9. The molecule has 3 rings (SSSR count). The number of carbonyl (C=O) groups is 1. The first kappa shape index (κ1) is 19.9. The van der Waals surface area contributed by atoms with Crippen molar-refractivity contribution in [1.29, 1.82) is 10.7 Å². The first-order valence-corrected chi connectivity index (χ1v) is 9.31. The van der Waals surface area contributed by atoms with Crippen molar-refractivity contribution in [3.8, 4) is 6.07 Å². The molecule has 0 aromatic heterocycles. The van der Waals surface area contributed by atoms with Crippen LogP contribution in [0.15, 0.2) is 54.1 Å². The zero-order chi connectivity index (χ0) is 20.3. The van der Waals surface area contributed by atoms with E-state index in [1.165, 1.54) is 6.07 Å². The molecule has 1 aliphatic heterocycles. The summed E-state index contributed by atoms with van der Waals surface area (Å²) in [5.74, 6) is -2.56. The third-order valence-electron chi connectivity index (χ3n) is 4.35. The van der Waals surface area contributed by atoms with E-state index in [-0.39, 0.29) is 23.8 Å². The predicted octanol–water partition coefficient (Wildman–Crippen LogP) is 5.20. The lowest BCUT2D eigenvalue weighted by atomic mass is 9.78. The number of benzene rings is 2. The highest BCUT2D eigenvalue weighted by Gasteiger charge is 2.43. The molecule has 7 heteroatoms. The number of halogens is 2. The topological polar surface area (TPSA) is 83.2 Å². The van der Waals surface area contributed by atoms with Crippen LogP contribution >= 0.6 is 23.2 Å². The van der Waals surface area contributed by atoms with Gasteiger partial charge in [-0.1, -0.05) is 59.6 Å². The van der Waals surface area contributed by atoms with E-state index in [0.29, 0.717) is 21.2 Å². The fraction of sp³-hybridized carbons (Fsp3) is 0.190. The number of nitrogens with one attached hydrogen (secondary N) is 1. The van der Waals surface area contributed by atoms with Crippen molar-refractivity contribution in [3.05, 3.63) is 75.3 Å². The molecule has 1 heterocycles. The van der Waals surface area contributed by atoms with Crippen LogP contribution in [-0.4, -0.2) is 18.5 Å². The average molecular weight is 415 g/mol. The lowest BCUT2D eigenvalue weighted by Crippen LogP contribution is -2.33. The van der Waals surface area contributed by atoms with E-state index in [1.54, 1.807) is 43.3 Å². The predicted molar refractivity (Wildman–Crippen MR) is 107 cm³/mol. The Labute approximate surface area is 172 Å². The third-order valence-corrected chi connectivity index (χ3v) is 4.91. The molecule has 0 saturated heterocycles. The van der Waals surface area contributed by atoms with E-state index in [9.17, 15) is 10.1 Å². The van der Waals surface area contributed by atoms with Crippen LogP contribution in [0.4, 0.5) is 0 Å². The zero-order valence-corrected chi connectivity index (χ0v) is 16.4. The first-order chi connectivity index (χ1) is 13.5. The van der Waals surface area contributed by atoms with E-state index < -0.39 is 17.8 Å². The van der Waals surface area contributed by atoms with Crippen molar-refractivity contribution in [3.63, 3.8) is 0 Å². The quantitative estimate of drug-likeness (QED) is 0.696. The molecule has 2 unspecified atom stereocenters. The van der Waals surface area contributed by atoms with Gasteiger partial charge in [0.1, 0.15) is 11.7 Å². The molecule has 0 saturated carbocycles. The molecule has 1 aliphatic rings. The Kier molecular flexibility index (Phi) is 6.03. The van der Waals surface area contributed by atoms with Gasteiger partial charge in [0, 0.05) is 21.5 Å². The summed E-state index contributed by atoms with van der Waals surface area (Å²) in [4.78, 5) is 12.9. The molecule has 0 amide bonds. The highest BCUT2D eigenvalue weighted by Crippen LogP contribution is 2.45. The van der Waals surface area contributed by atoms with Gasteiger partial charge in [-0.3, -0.25) is 5.41 Å². The van der Waals surface area contributed by atoms with Gasteiger partial charge < -0.3 is 9.47 Å². The third kappa shape index (κ3) is 3.75. The molecule has 0 fully saturated rings. The number of hydrogen-bond acceptors (Lipinski definition) is 5. The molecule has 0 spiro atoms. The van der Waals surface area contributed by atoms with Gasteiger partial charge >= 0.3 is 5.97 Å². The van der Waals surface area contributed by atoms with Crippen molar-refractivity contribution >= 4 is 40.8 Å². The zero-order valence-electron chi connectivity index (χ0n) is 14.9. The summed E-state index contributed by atoms with van der Waals surface area (Å²) in [6.45, 7) is 1.85. The van der Waals surface area contributed by atoms with Crippen molar-refractivity contribution < 1.29 is 14.3 Å². The van der Waals surface area contributed by atoms with Crippen molar-refractivity contribution in [2.24, 2.45) is 5.92 Å². The standard InChI is InChI=1S/C21H16Cl2N2O3/c1-2-27-21(26)18-17(14-9-8-13(22)10-16(14)23)15(11-24)20(25)28-19(18)12-6-4-3-5-7-12/h3-10,15,17,25H,2H2,1H3. The van der Waals surface area contributed by atoms with Gasteiger partial charge in [-0.05, 0) is 24.6 Å². The lowest BCUT2D eigenvalue weighted by molar-refractivity contribution is -0.139. The summed E-state index contributed by atoms with van der Waals surface area (Å²) in [5, 5.41) is 18.7. The maximum absolute atomic E-state index is 12.9. The summed E-state index contributed by atoms with van der Waals surface area (Å²) in [6.07, 6.45) is 0. The summed E-state index contributed by atoms with van der Waals surface area (Å²) < 4.78 is 10.9. The molecule has 142 valence electrons. The second-order valence-corrected chi connectivity index (χ2v) is 6.89. The Morgan fingerprint density at radius 3 is 2.57 bits per heavy atom. The molecule has 0 bridgehead atoms. The van der Waals surface area contributed by atoms with E-state index in [4.69, 9.17) is 38.1 Å². The second kappa shape index (κ2) is 8.47. The number of nitrogens with zero attached hydrogens (tertiary/aromatic N) is 1. The SMILES string of the molecule is CCOC(=O)C1=C(c2ccccc2)OC(=N)C(C#N)C1c1ccc(Cl)cc1Cl. The Morgan fingerprint density at radius 2 is 1.96 bits per heavy atom. The van der Waals surface area contributed by atoms with Crippen LogP contribution in [0.25, 0.3) is 5.76 Å². The number of hydrogen-bond donors (Lipinski definition) is 1. The number of nitriles is 1. The Bertz CT molecular complexity index is 996. The van der Waals surface area contributed by atoms with Crippen LogP contribution < -0.4 is 0 Å². The van der Waals surface area contributed by atoms with Gasteiger partial charge in [0.25, 0.3) is 0 Å². The van der Waals surface area contributed by atoms with Gasteiger partial charge in [0.05, 0.1) is 18.2 Å². The van der Waals surface area contributed by atoms with Crippen LogP contribution in [0.3, 0.4) is 0 Å². The molecular formula is C21H16Cl2N2O3. The van der Waals surface area contributed by atoms with Crippen molar-refractivity contribution in [1.82, 2.24) is 0 Å². The molecule has 0 aliphatic carbocycles. The monoisotopic (exact) mass is 414 g/mol. The largest absolute Gasteiger partial charge is 0.463 e. The molecular weight excluding hydrogens is 399 g/mol. The van der Waals surface area contributed by atoms with Crippen molar-refractivity contribution in [2.75, 3.05) is 6.61 Å². The Hall–Kier alpha value is -2.81. The number of esters is 1. The summed E-state index contributed by atoms with van der Waals surface area (Å²) in [7, 11) is 0. The Balaban J connectivity index is 2.31. The summed E-state index contributed by atoms with van der Waals surface area (Å²) in [6, 6.07) is 15.8. The van der Waals surface area contributed by atoms with Crippen LogP contribution in [0.2, 0.25) is 10.0 Å². The van der Waals surface area contributed by atoms with Gasteiger partial charge in [0.2, 0.25) is 5.90 Å². The van der Waals surface area contributed by atoms with E-state index in [2.05, 4.69) is 6.07 Å². The Morgan fingerprint density at radius 1 is 1.25 bits per heavy atom. The molecule has 1 N–H and O–H groups in total. The van der Waals surface area contributed by atoms with Gasteiger partial charge in [-0.15, -0.1) is 0 Å². The van der Waals surface area contributed by atoms with Crippen LogP contribution in [-0.2, 0) is 14.3 Å². The maximum Gasteiger partial charge on any atom is 0.338 e. The summed E-state index contributed by atoms with van der Waals surface area (Å²) >= 11 is 12.4. The normalized spacial score (nSPS) is 19.0. The van der Waals surface area contributed by atoms with Gasteiger partial charge in [-0.2, -0.15) is 5.26 Å². The minimum absolute atomic E-state index is 0.153. The van der Waals surface area contributed by atoms with E-state index in [1.807, 2.05) is 6.07 Å². The van der Waals surface area contributed by atoms with Crippen LogP contribution in [0.1, 0.15) is 24.0 Å². The fourth-order valence-electron chi connectivity index (χ4n) is 3.14. The number of rotatable bonds is 4. The van der Waals surface area contributed by atoms with E-state index in [0.717, 1.165) is 0 Å².